The number of methoxy groups -OCH3 is 1. The van der Waals surface area contributed by atoms with Crippen LogP contribution in [0.5, 0.6) is 11.5 Å². The van der Waals surface area contributed by atoms with Crippen molar-refractivity contribution < 1.29 is 37.5 Å². The van der Waals surface area contributed by atoms with E-state index < -0.39 is 25.6 Å². The Hall–Kier alpha value is -3.68. The van der Waals surface area contributed by atoms with Crippen LogP contribution in [0.1, 0.15) is 62.4 Å². The Labute approximate surface area is 241 Å². The molecule has 3 aromatic carbocycles. The number of rotatable bonds is 15. The van der Waals surface area contributed by atoms with Crippen LogP contribution in [0.15, 0.2) is 60.7 Å². The molecule has 2 atom stereocenters. The van der Waals surface area contributed by atoms with Crippen LogP contribution in [0.4, 0.5) is 0 Å². The molecular weight excluding hydrogens is 545 g/mol. The fraction of sp³-hybridized carbons (Fsp3) is 0.387. The molecule has 1 amide bonds. The highest BCUT2D eigenvalue weighted by Crippen LogP contribution is 2.49. The van der Waals surface area contributed by atoms with Gasteiger partial charge in [0.25, 0.3) is 0 Å². The summed E-state index contributed by atoms with van der Waals surface area (Å²) in [6.45, 7) is 7.39. The first kappa shape index (κ1) is 31.8. The zero-order valence-corrected chi connectivity index (χ0v) is 25.1. The Morgan fingerprint density at radius 2 is 1.66 bits per heavy atom. The van der Waals surface area contributed by atoms with Crippen LogP contribution >= 0.6 is 7.60 Å². The number of hydrogen-bond acceptors (Lipinski definition) is 8. The zero-order valence-electron chi connectivity index (χ0n) is 24.2. The minimum Gasteiger partial charge on any atom is -0.496 e. The second-order valence-corrected chi connectivity index (χ2v) is 11.9. The van der Waals surface area contributed by atoms with Gasteiger partial charge in [0.1, 0.15) is 11.5 Å². The number of ether oxygens (including phenoxy) is 2. The molecule has 9 nitrogen and oxygen atoms in total. The number of esters is 1. The molecule has 0 aliphatic heterocycles. The largest absolute Gasteiger partial charge is 0.496 e. The smallest absolute Gasteiger partial charge is 0.381 e. The summed E-state index contributed by atoms with van der Waals surface area (Å²) in [6.07, 6.45) is -1.43. The maximum Gasteiger partial charge on any atom is 0.381 e. The normalized spacial score (nSPS) is 13.3. The van der Waals surface area contributed by atoms with Gasteiger partial charge in [0.15, 0.2) is 11.9 Å². The van der Waals surface area contributed by atoms with Crippen LogP contribution in [0.25, 0.3) is 10.8 Å². The summed E-state index contributed by atoms with van der Waals surface area (Å²) in [4.78, 5) is 37.7. The predicted octanol–water partition coefficient (Wildman–Crippen LogP) is 6.29. The second-order valence-electron chi connectivity index (χ2n) is 9.83. The molecule has 0 fully saturated rings. The van der Waals surface area contributed by atoms with Crippen molar-refractivity contribution >= 4 is 36.0 Å². The Balaban J connectivity index is 1.62. The average molecular weight is 584 g/mol. The Bertz CT molecular complexity index is 1410. The van der Waals surface area contributed by atoms with Crippen molar-refractivity contribution in [1.82, 2.24) is 5.32 Å². The Kier molecular flexibility index (Phi) is 11.5. The molecule has 41 heavy (non-hydrogen) atoms. The molecule has 0 spiro atoms. The number of ketones is 1. The van der Waals surface area contributed by atoms with Crippen LogP contribution in [0, 0.1) is 0 Å². The first-order chi connectivity index (χ1) is 19.5. The highest BCUT2D eigenvalue weighted by molar-refractivity contribution is 7.54. The van der Waals surface area contributed by atoms with E-state index in [2.05, 4.69) is 31.3 Å². The van der Waals surface area contributed by atoms with Crippen molar-refractivity contribution in [3.05, 3.63) is 71.8 Å². The van der Waals surface area contributed by atoms with Crippen LogP contribution < -0.4 is 14.6 Å². The van der Waals surface area contributed by atoms with Gasteiger partial charge in [-0.3, -0.25) is 14.1 Å². The molecule has 0 aromatic heterocycles. The number of benzene rings is 3. The van der Waals surface area contributed by atoms with Gasteiger partial charge < -0.3 is 19.3 Å². The highest BCUT2D eigenvalue weighted by Gasteiger charge is 2.32. The van der Waals surface area contributed by atoms with Crippen molar-refractivity contribution in [3.8, 4) is 11.5 Å². The van der Waals surface area contributed by atoms with Crippen LogP contribution in [-0.2, 0) is 23.4 Å². The topological polar surface area (TPSA) is 117 Å². The molecule has 0 aliphatic rings. The van der Waals surface area contributed by atoms with E-state index in [1.54, 1.807) is 43.3 Å². The number of hydrogen-bond donors (Lipinski definition) is 1. The van der Waals surface area contributed by atoms with E-state index in [9.17, 15) is 18.9 Å². The molecule has 0 saturated heterocycles. The van der Waals surface area contributed by atoms with Crippen molar-refractivity contribution in [3.63, 3.8) is 0 Å². The quantitative estimate of drug-likeness (QED) is 0.126. The summed E-state index contributed by atoms with van der Waals surface area (Å²) >= 11 is 0. The molecule has 0 aliphatic carbocycles. The second kappa shape index (κ2) is 14.8. The van der Waals surface area contributed by atoms with Crippen LogP contribution in [0.2, 0.25) is 0 Å². The van der Waals surface area contributed by atoms with Gasteiger partial charge in [0.2, 0.25) is 5.91 Å². The molecule has 0 bridgehead atoms. The lowest BCUT2D eigenvalue weighted by Gasteiger charge is -2.22. The van der Waals surface area contributed by atoms with E-state index in [0.717, 1.165) is 16.3 Å². The Morgan fingerprint density at radius 3 is 2.32 bits per heavy atom. The lowest BCUT2D eigenvalue weighted by atomic mass is 9.96. The third kappa shape index (κ3) is 9.17. The fourth-order valence-electron chi connectivity index (χ4n) is 4.13. The molecule has 0 heterocycles. The molecule has 220 valence electrons. The monoisotopic (exact) mass is 583 g/mol. The minimum atomic E-state index is -3.86. The van der Waals surface area contributed by atoms with Gasteiger partial charge in [0, 0.05) is 19.4 Å². The van der Waals surface area contributed by atoms with E-state index in [4.69, 9.17) is 18.5 Å². The minimum absolute atomic E-state index is 0.0356. The molecule has 10 heteroatoms. The molecule has 1 unspecified atom stereocenters. The van der Waals surface area contributed by atoms with E-state index in [0.29, 0.717) is 23.0 Å². The van der Waals surface area contributed by atoms with E-state index in [1.165, 1.54) is 14.0 Å². The van der Waals surface area contributed by atoms with Gasteiger partial charge in [-0.05, 0) is 60.4 Å². The number of Topliss-reactive ketones (excluding diaryl/α,β-unsaturated/α-hetero) is 1. The summed E-state index contributed by atoms with van der Waals surface area (Å²) in [6, 6.07) is 18.2. The van der Waals surface area contributed by atoms with Crippen LogP contribution in [0.3, 0.4) is 0 Å². The van der Waals surface area contributed by atoms with Crippen molar-refractivity contribution in [2.24, 2.45) is 0 Å². The molecule has 3 aromatic rings. The van der Waals surface area contributed by atoms with Crippen molar-refractivity contribution in [2.75, 3.05) is 26.4 Å². The summed E-state index contributed by atoms with van der Waals surface area (Å²) in [5.41, 5.74) is 1.57. The van der Waals surface area contributed by atoms with E-state index in [1.807, 2.05) is 12.1 Å². The van der Waals surface area contributed by atoms with E-state index >= 15 is 0 Å². The van der Waals surface area contributed by atoms with Gasteiger partial charge in [-0.15, -0.1) is 0 Å². The molecule has 0 radical (unpaired) electrons. The number of nitrogens with one attached hydrogen (secondary N) is 1. The van der Waals surface area contributed by atoms with Crippen molar-refractivity contribution in [2.45, 2.75) is 52.6 Å². The van der Waals surface area contributed by atoms with Gasteiger partial charge in [-0.2, -0.15) is 0 Å². The SMILES string of the molecule is CCOC(=O)[C@H](C)OP(=O)(CCNC(=O)CCC(=O)c1cc2cc(C(C)C)ccc2cc1OC)Oc1ccccc1. The number of carbonyl (C=O) groups is 3. The Morgan fingerprint density at radius 1 is 0.927 bits per heavy atom. The van der Waals surface area contributed by atoms with Gasteiger partial charge in [-0.25, -0.2) is 9.36 Å². The van der Waals surface area contributed by atoms with Gasteiger partial charge >= 0.3 is 13.6 Å². The number of fused-ring (bicyclic) bond motifs is 1. The fourth-order valence-corrected chi connectivity index (χ4v) is 5.77. The summed E-state index contributed by atoms with van der Waals surface area (Å²) in [5, 5.41) is 4.55. The van der Waals surface area contributed by atoms with Crippen molar-refractivity contribution in [1.29, 1.82) is 0 Å². The third-order valence-electron chi connectivity index (χ3n) is 6.36. The number of para-hydroxylation sites is 1. The lowest BCUT2D eigenvalue weighted by Crippen LogP contribution is -2.29. The third-order valence-corrected chi connectivity index (χ3v) is 8.26. The average Bonchev–Trinajstić information content (AvgIpc) is 2.95. The summed E-state index contributed by atoms with van der Waals surface area (Å²) < 4.78 is 35.1. The summed E-state index contributed by atoms with van der Waals surface area (Å²) in [7, 11) is -2.35. The molecule has 3 rings (SSSR count). The number of carbonyl (C=O) groups excluding carboxylic acids is 3. The standard InChI is InChI=1S/C31H38NO8P/c1-6-38-31(35)22(4)39-41(36,40-26-10-8-7-9-11-26)17-16-32-30(34)15-14-28(33)27-19-25-18-23(21(2)3)12-13-24(25)20-29(27)37-5/h7-13,18-22H,6,14-17H2,1-5H3,(H,32,34)/t22-,41?/m0/s1. The van der Waals surface area contributed by atoms with Crippen LogP contribution in [-0.4, -0.2) is 50.2 Å². The summed E-state index contributed by atoms with van der Waals surface area (Å²) in [5.74, 6) is -0.197. The van der Waals surface area contributed by atoms with Gasteiger partial charge in [-0.1, -0.05) is 50.2 Å². The maximum atomic E-state index is 13.5. The first-order valence-electron chi connectivity index (χ1n) is 13.7. The lowest BCUT2D eigenvalue weighted by molar-refractivity contribution is -0.150. The molecular formula is C31H38NO8P. The number of amides is 1. The zero-order chi connectivity index (χ0) is 30.0. The van der Waals surface area contributed by atoms with Gasteiger partial charge in [0.05, 0.1) is 25.4 Å². The molecule has 0 saturated carbocycles. The first-order valence-corrected chi connectivity index (χ1v) is 15.4. The highest BCUT2D eigenvalue weighted by atomic mass is 31.2. The maximum absolute atomic E-state index is 13.5. The predicted molar refractivity (Wildman–Crippen MR) is 158 cm³/mol. The van der Waals surface area contributed by atoms with E-state index in [-0.39, 0.29) is 37.9 Å². The molecule has 1 N–H and O–H groups in total.